The minimum absolute atomic E-state index is 0.0801. The minimum Gasteiger partial charge on any atom is -0.345 e. The lowest BCUT2D eigenvalue weighted by Gasteiger charge is -2.17. The van der Waals surface area contributed by atoms with Gasteiger partial charge >= 0.3 is 5.69 Å². The van der Waals surface area contributed by atoms with Crippen molar-refractivity contribution < 1.29 is 9.18 Å². The number of amides is 1. The van der Waals surface area contributed by atoms with Crippen molar-refractivity contribution in [3.63, 3.8) is 0 Å². The summed E-state index contributed by atoms with van der Waals surface area (Å²) in [5.41, 5.74) is 1.09. The van der Waals surface area contributed by atoms with E-state index in [0.29, 0.717) is 11.3 Å². The molecule has 2 N–H and O–H groups in total. The van der Waals surface area contributed by atoms with E-state index in [9.17, 15) is 18.8 Å². The van der Waals surface area contributed by atoms with Crippen LogP contribution in [0.5, 0.6) is 0 Å². The normalized spacial score (nSPS) is 14.8. The number of carbonyl (C=O) groups excluding carboxylic acids is 1. The van der Waals surface area contributed by atoms with E-state index in [4.69, 9.17) is 0 Å². The summed E-state index contributed by atoms with van der Waals surface area (Å²) in [6, 6.07) is 5.89. The first kappa shape index (κ1) is 19.0. The topological polar surface area (TPSA) is 96.8 Å². The molecular weight excluding hydrogens is 375 g/mol. The predicted octanol–water partition coefficient (Wildman–Crippen LogP) is 2.44. The molecule has 0 saturated heterocycles. The molecule has 150 valence electrons. The van der Waals surface area contributed by atoms with Gasteiger partial charge in [-0.05, 0) is 49.9 Å². The molecule has 29 heavy (non-hydrogen) atoms. The van der Waals surface area contributed by atoms with Gasteiger partial charge in [0.05, 0.1) is 17.0 Å². The number of benzene rings is 1. The molecule has 0 unspecified atom stereocenters. The van der Waals surface area contributed by atoms with Crippen molar-refractivity contribution >= 4 is 16.9 Å². The molecule has 2 aromatic heterocycles. The number of carbonyl (C=O) groups is 1. The van der Waals surface area contributed by atoms with E-state index in [1.165, 1.54) is 17.7 Å². The second-order valence-electron chi connectivity index (χ2n) is 7.59. The van der Waals surface area contributed by atoms with Crippen LogP contribution in [0.25, 0.3) is 11.0 Å². The van der Waals surface area contributed by atoms with Gasteiger partial charge in [-0.25, -0.2) is 14.2 Å². The number of pyridine rings is 1. The molecule has 1 amide bonds. The number of H-pyrrole nitrogens is 1. The van der Waals surface area contributed by atoms with Crippen molar-refractivity contribution in [1.82, 2.24) is 19.9 Å². The van der Waals surface area contributed by atoms with Crippen molar-refractivity contribution in [2.24, 2.45) is 7.05 Å². The Kier molecular flexibility index (Phi) is 4.56. The highest BCUT2D eigenvalue weighted by atomic mass is 19.1. The third kappa shape index (κ3) is 3.46. The maximum absolute atomic E-state index is 13.5. The van der Waals surface area contributed by atoms with Crippen molar-refractivity contribution in [2.75, 3.05) is 0 Å². The maximum Gasteiger partial charge on any atom is 0.329 e. The van der Waals surface area contributed by atoms with Crippen molar-refractivity contribution in [1.29, 1.82) is 0 Å². The van der Waals surface area contributed by atoms with Gasteiger partial charge in [0.15, 0.2) is 0 Å². The summed E-state index contributed by atoms with van der Waals surface area (Å²) in [6.07, 6.45) is 1.92. The van der Waals surface area contributed by atoms with Crippen molar-refractivity contribution in [2.45, 2.75) is 38.6 Å². The average Bonchev–Trinajstić information content (AvgIpc) is 3.52. The Morgan fingerprint density at radius 1 is 1.31 bits per heavy atom. The monoisotopic (exact) mass is 396 g/mol. The number of hydrogen-bond acceptors (Lipinski definition) is 4. The van der Waals surface area contributed by atoms with E-state index in [1.54, 1.807) is 32.0 Å². The first-order valence-electron chi connectivity index (χ1n) is 9.47. The van der Waals surface area contributed by atoms with E-state index >= 15 is 0 Å². The largest absolute Gasteiger partial charge is 0.345 e. The Hall–Kier alpha value is -3.29. The molecule has 4 rings (SSSR count). The molecule has 3 aromatic rings. The number of halogens is 1. The second-order valence-corrected chi connectivity index (χ2v) is 7.59. The summed E-state index contributed by atoms with van der Waals surface area (Å²) in [7, 11) is 1.51. The van der Waals surface area contributed by atoms with Crippen LogP contribution in [0, 0.1) is 12.7 Å². The number of hydrogen-bond donors (Lipinski definition) is 2. The Morgan fingerprint density at radius 2 is 2.03 bits per heavy atom. The molecule has 0 aliphatic heterocycles. The van der Waals surface area contributed by atoms with Crippen LogP contribution >= 0.6 is 0 Å². The van der Waals surface area contributed by atoms with Crippen molar-refractivity contribution in [3.8, 4) is 0 Å². The third-order valence-electron chi connectivity index (χ3n) is 5.36. The van der Waals surface area contributed by atoms with Crippen LogP contribution < -0.4 is 16.6 Å². The molecule has 1 fully saturated rings. The van der Waals surface area contributed by atoms with E-state index < -0.39 is 23.2 Å². The maximum atomic E-state index is 13.5. The fraction of sp³-hybridized carbons (Fsp3) is 0.333. The predicted molar refractivity (Wildman–Crippen MR) is 107 cm³/mol. The Labute approximate surface area is 165 Å². The van der Waals surface area contributed by atoms with Crippen LogP contribution in [-0.2, 0) is 7.05 Å². The molecule has 1 aliphatic carbocycles. The highest BCUT2D eigenvalue weighted by Gasteiger charge is 2.28. The Bertz CT molecular complexity index is 1260. The van der Waals surface area contributed by atoms with Crippen molar-refractivity contribution in [3.05, 3.63) is 73.3 Å². The molecule has 1 atom stereocenters. The first-order chi connectivity index (χ1) is 13.8. The van der Waals surface area contributed by atoms with Crippen LogP contribution in [0.4, 0.5) is 4.39 Å². The molecule has 8 heteroatoms. The smallest absolute Gasteiger partial charge is 0.329 e. The van der Waals surface area contributed by atoms with Crippen LogP contribution in [0.3, 0.4) is 0 Å². The van der Waals surface area contributed by atoms with E-state index in [2.05, 4.69) is 15.3 Å². The number of aromatic amines is 1. The standard InChI is InChI=1S/C21H21FN4O3/c1-10-8-13(6-7-15(10)22)11(2)23-19(27)14-9-16(12-4-5-12)24-18-17(14)20(28)25-21(29)26(18)3/h6-9,11-12H,4-5H2,1-3H3,(H,23,27)(H,25,28,29)/t11-/m1/s1. The Balaban J connectivity index is 1.78. The minimum atomic E-state index is -0.645. The molecule has 1 saturated carbocycles. The zero-order valence-electron chi connectivity index (χ0n) is 16.4. The highest BCUT2D eigenvalue weighted by Crippen LogP contribution is 2.39. The van der Waals surface area contributed by atoms with Gasteiger partial charge in [-0.1, -0.05) is 12.1 Å². The quantitative estimate of drug-likeness (QED) is 0.708. The zero-order chi connectivity index (χ0) is 20.9. The lowest BCUT2D eigenvalue weighted by molar-refractivity contribution is 0.0941. The molecule has 2 heterocycles. The third-order valence-corrected chi connectivity index (χ3v) is 5.36. The number of aromatic nitrogens is 3. The summed E-state index contributed by atoms with van der Waals surface area (Å²) in [5.74, 6) is -0.524. The van der Waals surface area contributed by atoms with Gasteiger partial charge in [0.25, 0.3) is 11.5 Å². The van der Waals surface area contributed by atoms with Crippen LogP contribution in [0.2, 0.25) is 0 Å². The van der Waals surface area contributed by atoms with Gasteiger partial charge in [0.2, 0.25) is 0 Å². The average molecular weight is 396 g/mol. The van der Waals surface area contributed by atoms with Gasteiger partial charge in [0.1, 0.15) is 11.5 Å². The fourth-order valence-electron chi connectivity index (χ4n) is 3.42. The molecule has 1 aromatic carbocycles. The number of aryl methyl sites for hydroxylation is 2. The number of fused-ring (bicyclic) bond motifs is 1. The fourth-order valence-corrected chi connectivity index (χ4v) is 3.42. The van der Waals surface area contributed by atoms with Gasteiger partial charge in [-0.15, -0.1) is 0 Å². The summed E-state index contributed by atoms with van der Waals surface area (Å²) in [5, 5.41) is 2.95. The van der Waals surface area contributed by atoms with E-state index in [1.807, 2.05) is 0 Å². The molecule has 1 aliphatic rings. The number of rotatable bonds is 4. The van der Waals surface area contributed by atoms with E-state index in [-0.39, 0.29) is 28.3 Å². The summed E-state index contributed by atoms with van der Waals surface area (Å²) in [4.78, 5) is 44.3. The lowest BCUT2D eigenvalue weighted by atomic mass is 10.0. The number of nitrogens with zero attached hydrogens (tertiary/aromatic N) is 2. The van der Waals surface area contributed by atoms with Crippen LogP contribution in [0.15, 0.2) is 33.9 Å². The number of nitrogens with one attached hydrogen (secondary N) is 2. The summed E-state index contributed by atoms with van der Waals surface area (Å²) in [6.45, 7) is 3.45. The Morgan fingerprint density at radius 3 is 2.69 bits per heavy atom. The molecule has 0 bridgehead atoms. The molecule has 0 radical (unpaired) electrons. The lowest BCUT2D eigenvalue weighted by Crippen LogP contribution is -2.33. The second kappa shape index (κ2) is 6.95. The van der Waals surface area contributed by atoms with Gasteiger partial charge in [-0.3, -0.25) is 19.1 Å². The highest BCUT2D eigenvalue weighted by molar-refractivity contribution is 6.05. The van der Waals surface area contributed by atoms with Crippen LogP contribution in [0.1, 0.15) is 58.9 Å². The van der Waals surface area contributed by atoms with Crippen LogP contribution in [-0.4, -0.2) is 20.4 Å². The SMILES string of the molecule is Cc1cc([C@@H](C)NC(=O)c2cc(C3CC3)nc3c2c(=O)[nH]c(=O)n3C)ccc1F. The van der Waals surface area contributed by atoms with Gasteiger partial charge in [-0.2, -0.15) is 0 Å². The molecule has 7 nitrogen and oxygen atoms in total. The van der Waals surface area contributed by atoms with Gasteiger partial charge in [0, 0.05) is 18.7 Å². The summed E-state index contributed by atoms with van der Waals surface area (Å²) >= 11 is 0. The van der Waals surface area contributed by atoms with E-state index in [0.717, 1.165) is 18.4 Å². The molecular formula is C21H21FN4O3. The molecule has 0 spiro atoms. The zero-order valence-corrected chi connectivity index (χ0v) is 16.4. The first-order valence-corrected chi connectivity index (χ1v) is 9.47. The van der Waals surface area contributed by atoms with Gasteiger partial charge < -0.3 is 5.32 Å². The summed E-state index contributed by atoms with van der Waals surface area (Å²) < 4.78 is 14.8.